The molecule has 0 spiro atoms. The van der Waals surface area contributed by atoms with E-state index in [9.17, 15) is 4.79 Å². The van der Waals surface area contributed by atoms with E-state index in [4.69, 9.17) is 14.9 Å². The lowest BCUT2D eigenvalue weighted by molar-refractivity contribution is 0.483. The zero-order valence-electron chi connectivity index (χ0n) is 15.5. The Morgan fingerprint density at radius 2 is 1.52 bits per heavy atom. The maximum absolute atomic E-state index is 11.9. The molecular weight excluding hydrogens is 362 g/mol. The van der Waals surface area contributed by atoms with Crippen LogP contribution in [-0.2, 0) is 0 Å². The van der Waals surface area contributed by atoms with Crippen LogP contribution in [0.25, 0.3) is 33.4 Å². The number of nitrogens with two attached hydrogens (primary N) is 1. The summed E-state index contributed by atoms with van der Waals surface area (Å²) in [4.78, 5) is 11.9. The van der Waals surface area contributed by atoms with Gasteiger partial charge in [-0.25, -0.2) is 0 Å². The predicted molar refractivity (Wildman–Crippen MR) is 115 cm³/mol. The largest absolute Gasteiger partial charge is 0.457 e. The molecular formula is C25H17NO3. The molecule has 5 rings (SSSR count). The first-order valence-electron chi connectivity index (χ1n) is 9.27. The monoisotopic (exact) mass is 379 g/mol. The minimum absolute atomic E-state index is 0.0953. The molecule has 140 valence electrons. The van der Waals surface area contributed by atoms with E-state index in [2.05, 4.69) is 0 Å². The van der Waals surface area contributed by atoms with Crippen LogP contribution < -0.4 is 15.9 Å². The van der Waals surface area contributed by atoms with Crippen LogP contribution >= 0.6 is 0 Å². The third-order valence-electron chi connectivity index (χ3n) is 4.84. The van der Waals surface area contributed by atoms with E-state index in [0.717, 1.165) is 33.6 Å². The Kier molecular flexibility index (Phi) is 4.03. The molecule has 4 heteroatoms. The molecule has 3 aromatic carbocycles. The molecule has 0 fully saturated rings. The van der Waals surface area contributed by atoms with Gasteiger partial charge in [0.1, 0.15) is 22.8 Å². The standard InChI is InChI=1S/C25H17NO3/c26-17-8-12-21-23(14-17)29-24-15-18(27)9-13-22(24)25(21)16-6-10-20(11-7-16)28-19-4-2-1-3-5-19/h1-15H,26H2. The molecule has 2 aliphatic rings. The van der Waals surface area contributed by atoms with Crippen molar-refractivity contribution in [1.82, 2.24) is 0 Å². The Hall–Kier alpha value is -4.05. The molecule has 0 saturated carbocycles. The second-order valence-corrected chi connectivity index (χ2v) is 6.83. The van der Waals surface area contributed by atoms with E-state index < -0.39 is 0 Å². The molecule has 2 N–H and O–H groups in total. The first-order chi connectivity index (χ1) is 14.2. The first-order valence-corrected chi connectivity index (χ1v) is 9.27. The molecule has 0 radical (unpaired) electrons. The zero-order chi connectivity index (χ0) is 19.8. The van der Waals surface area contributed by atoms with E-state index in [1.807, 2.05) is 66.7 Å². The van der Waals surface area contributed by atoms with Gasteiger partial charge in [-0.15, -0.1) is 0 Å². The lowest BCUT2D eigenvalue weighted by Gasteiger charge is -2.15. The van der Waals surface area contributed by atoms with Gasteiger partial charge in [-0.05, 0) is 54.1 Å². The summed E-state index contributed by atoms with van der Waals surface area (Å²) < 4.78 is 11.9. The van der Waals surface area contributed by atoms with Crippen molar-refractivity contribution in [3.8, 4) is 33.9 Å². The number of benzene rings is 4. The van der Waals surface area contributed by atoms with Crippen LogP contribution in [0.4, 0.5) is 5.69 Å². The van der Waals surface area contributed by atoms with Crippen molar-refractivity contribution in [3.05, 3.63) is 101 Å². The average molecular weight is 379 g/mol. The summed E-state index contributed by atoms with van der Waals surface area (Å²) in [5, 5.41) is 0.932. The summed E-state index contributed by atoms with van der Waals surface area (Å²) in [6.45, 7) is 0. The van der Waals surface area contributed by atoms with E-state index in [1.54, 1.807) is 18.2 Å². The Balaban J connectivity index is 1.66. The molecule has 1 aliphatic carbocycles. The highest BCUT2D eigenvalue weighted by Crippen LogP contribution is 2.40. The van der Waals surface area contributed by atoms with E-state index in [-0.39, 0.29) is 5.43 Å². The maximum Gasteiger partial charge on any atom is 0.182 e. The minimum atomic E-state index is -0.0953. The van der Waals surface area contributed by atoms with Crippen LogP contribution in [0.5, 0.6) is 11.5 Å². The van der Waals surface area contributed by atoms with Gasteiger partial charge in [0.2, 0.25) is 0 Å². The van der Waals surface area contributed by atoms with E-state index in [1.165, 1.54) is 6.07 Å². The highest BCUT2D eigenvalue weighted by Gasteiger charge is 2.17. The Bertz CT molecular complexity index is 1340. The van der Waals surface area contributed by atoms with Gasteiger partial charge in [-0.2, -0.15) is 0 Å². The van der Waals surface area contributed by atoms with E-state index in [0.29, 0.717) is 17.0 Å². The van der Waals surface area contributed by atoms with Gasteiger partial charge in [0.15, 0.2) is 5.43 Å². The number of para-hydroxylation sites is 1. The van der Waals surface area contributed by atoms with Crippen molar-refractivity contribution in [1.29, 1.82) is 0 Å². The predicted octanol–water partition coefficient (Wildman–Crippen LogP) is 5.94. The Labute approximate surface area is 167 Å². The fourth-order valence-electron chi connectivity index (χ4n) is 3.51. The summed E-state index contributed by atoms with van der Waals surface area (Å²) in [6.07, 6.45) is 0. The third-order valence-corrected chi connectivity index (χ3v) is 4.84. The molecule has 0 aromatic heterocycles. The molecule has 1 heterocycles. The quantitative estimate of drug-likeness (QED) is 0.311. The molecule has 3 aromatic rings. The van der Waals surface area contributed by atoms with Crippen molar-refractivity contribution in [3.63, 3.8) is 0 Å². The van der Waals surface area contributed by atoms with Crippen molar-refractivity contribution < 1.29 is 9.15 Å². The SMILES string of the molecule is Nc1ccc2c(-c3ccc(Oc4ccccc4)cc3)c3ccc(=O)cc-3oc2c1. The van der Waals surface area contributed by atoms with Crippen molar-refractivity contribution in [2.75, 3.05) is 5.73 Å². The smallest absolute Gasteiger partial charge is 0.182 e. The van der Waals surface area contributed by atoms with Crippen LogP contribution in [0.15, 0.2) is 100 Å². The number of hydrogen-bond acceptors (Lipinski definition) is 4. The summed E-state index contributed by atoms with van der Waals surface area (Å²) in [6, 6.07) is 28.0. The average Bonchev–Trinajstić information content (AvgIpc) is 2.73. The molecule has 0 amide bonds. The van der Waals surface area contributed by atoms with Gasteiger partial charge in [0.25, 0.3) is 0 Å². The normalized spacial score (nSPS) is 11.0. The van der Waals surface area contributed by atoms with Gasteiger partial charge in [-0.3, -0.25) is 4.79 Å². The first kappa shape index (κ1) is 17.1. The Morgan fingerprint density at radius 1 is 0.759 bits per heavy atom. The van der Waals surface area contributed by atoms with Gasteiger partial charge < -0.3 is 14.9 Å². The Morgan fingerprint density at radius 3 is 2.31 bits per heavy atom. The molecule has 4 nitrogen and oxygen atoms in total. The molecule has 0 saturated heterocycles. The fraction of sp³-hybridized carbons (Fsp3) is 0. The van der Waals surface area contributed by atoms with Crippen molar-refractivity contribution >= 4 is 16.7 Å². The minimum Gasteiger partial charge on any atom is -0.457 e. The van der Waals surface area contributed by atoms with Gasteiger partial charge in [-0.1, -0.05) is 30.3 Å². The van der Waals surface area contributed by atoms with Gasteiger partial charge in [0.05, 0.1) is 0 Å². The topological polar surface area (TPSA) is 65.5 Å². The highest BCUT2D eigenvalue weighted by atomic mass is 16.5. The second-order valence-electron chi connectivity index (χ2n) is 6.83. The van der Waals surface area contributed by atoms with Gasteiger partial charge in [0, 0.05) is 34.3 Å². The summed E-state index contributed by atoms with van der Waals surface area (Å²) in [7, 11) is 0. The van der Waals surface area contributed by atoms with Crippen LogP contribution in [0.2, 0.25) is 0 Å². The molecule has 0 atom stereocenters. The van der Waals surface area contributed by atoms with E-state index >= 15 is 0 Å². The number of rotatable bonds is 3. The van der Waals surface area contributed by atoms with Crippen LogP contribution in [0.1, 0.15) is 0 Å². The van der Waals surface area contributed by atoms with Crippen LogP contribution in [0.3, 0.4) is 0 Å². The summed E-state index contributed by atoms with van der Waals surface area (Å²) >= 11 is 0. The molecule has 0 unspecified atom stereocenters. The molecule has 0 bridgehead atoms. The van der Waals surface area contributed by atoms with Crippen molar-refractivity contribution in [2.45, 2.75) is 0 Å². The number of fused-ring (bicyclic) bond motifs is 2. The van der Waals surface area contributed by atoms with Crippen LogP contribution in [0, 0.1) is 0 Å². The zero-order valence-corrected chi connectivity index (χ0v) is 15.5. The van der Waals surface area contributed by atoms with Crippen LogP contribution in [-0.4, -0.2) is 0 Å². The summed E-state index contributed by atoms with van der Waals surface area (Å²) in [5.74, 6) is 2.07. The summed E-state index contributed by atoms with van der Waals surface area (Å²) in [5.41, 5.74) is 9.96. The number of anilines is 1. The maximum atomic E-state index is 11.9. The molecule has 29 heavy (non-hydrogen) atoms. The number of nitrogen functional groups attached to an aromatic ring is 1. The van der Waals surface area contributed by atoms with Crippen molar-refractivity contribution in [2.24, 2.45) is 0 Å². The third kappa shape index (κ3) is 3.21. The fourth-order valence-corrected chi connectivity index (χ4v) is 3.51. The number of ether oxygens (including phenoxy) is 1. The lowest BCUT2D eigenvalue weighted by atomic mass is 9.93. The molecule has 1 aliphatic heterocycles. The highest BCUT2D eigenvalue weighted by molar-refractivity contribution is 6.02. The van der Waals surface area contributed by atoms with Gasteiger partial charge >= 0.3 is 0 Å². The number of hydrogen-bond donors (Lipinski definition) is 1. The lowest BCUT2D eigenvalue weighted by Crippen LogP contribution is -2.00. The second kappa shape index (κ2) is 6.84.